The molecule has 3 aromatic carbocycles. The minimum atomic E-state index is 0.290. The van der Waals surface area contributed by atoms with E-state index in [4.69, 9.17) is 16.3 Å². The van der Waals surface area contributed by atoms with Crippen LogP contribution in [0.1, 0.15) is 5.56 Å². The first-order chi connectivity index (χ1) is 13.9. The molecule has 0 bridgehead atoms. The van der Waals surface area contributed by atoms with Crippen molar-refractivity contribution < 1.29 is 4.74 Å². The molecule has 0 aliphatic carbocycles. The fourth-order valence-electron chi connectivity index (χ4n) is 2.66. The number of nitrogens with two attached hydrogens (primary N) is 2. The lowest BCUT2D eigenvalue weighted by Crippen LogP contribution is -2.26. The SMILES string of the molecule is CN(N)/N=C(\N)c1cc(N(C)S)ccc1Nc1ccc(Oc2ccccc2)cc1. The molecular formula is C21H24N6OS. The Labute approximate surface area is 176 Å². The van der Waals surface area contributed by atoms with Crippen LogP contribution in [-0.2, 0) is 0 Å². The summed E-state index contributed by atoms with van der Waals surface area (Å²) in [6.45, 7) is 0. The number of ether oxygens (including phenoxy) is 1. The zero-order chi connectivity index (χ0) is 20.8. The third-order valence-corrected chi connectivity index (χ3v) is 4.26. The Kier molecular flexibility index (Phi) is 6.48. The topological polar surface area (TPSA) is 92.1 Å². The number of hydrazine groups is 1. The van der Waals surface area contributed by atoms with E-state index in [0.29, 0.717) is 11.4 Å². The van der Waals surface area contributed by atoms with Gasteiger partial charge >= 0.3 is 0 Å². The quantitative estimate of drug-likeness (QED) is 0.156. The molecular weight excluding hydrogens is 384 g/mol. The molecule has 8 heteroatoms. The molecule has 7 nitrogen and oxygen atoms in total. The molecule has 0 aromatic heterocycles. The second kappa shape index (κ2) is 9.22. The predicted octanol–water partition coefficient (Wildman–Crippen LogP) is 3.93. The Balaban J connectivity index is 1.83. The molecule has 29 heavy (non-hydrogen) atoms. The summed E-state index contributed by atoms with van der Waals surface area (Å²) in [6, 6.07) is 23.1. The average molecular weight is 409 g/mol. The number of nitrogens with one attached hydrogen (secondary N) is 1. The van der Waals surface area contributed by atoms with Gasteiger partial charge in [0.2, 0.25) is 0 Å². The molecule has 0 unspecified atom stereocenters. The number of para-hydroxylation sites is 1. The Morgan fingerprint density at radius 3 is 2.24 bits per heavy atom. The maximum Gasteiger partial charge on any atom is 0.154 e. The number of anilines is 3. The summed E-state index contributed by atoms with van der Waals surface area (Å²) in [5.74, 6) is 7.45. The molecule has 3 aromatic rings. The highest BCUT2D eigenvalue weighted by atomic mass is 32.1. The van der Waals surface area contributed by atoms with E-state index in [1.807, 2.05) is 79.8 Å². The van der Waals surface area contributed by atoms with Crippen molar-refractivity contribution in [3.63, 3.8) is 0 Å². The molecule has 3 rings (SSSR count). The number of benzene rings is 3. The molecule has 150 valence electrons. The van der Waals surface area contributed by atoms with E-state index < -0.39 is 0 Å². The van der Waals surface area contributed by atoms with Gasteiger partial charge < -0.3 is 20.1 Å². The maximum absolute atomic E-state index is 6.15. The van der Waals surface area contributed by atoms with Crippen molar-refractivity contribution in [2.75, 3.05) is 23.7 Å². The van der Waals surface area contributed by atoms with Gasteiger partial charge in [0.15, 0.2) is 5.84 Å². The largest absolute Gasteiger partial charge is 0.457 e. The van der Waals surface area contributed by atoms with Crippen LogP contribution in [0.15, 0.2) is 77.9 Å². The van der Waals surface area contributed by atoms with Crippen molar-refractivity contribution >= 4 is 35.7 Å². The molecule has 0 saturated heterocycles. The van der Waals surface area contributed by atoms with Gasteiger partial charge in [0.05, 0.1) is 0 Å². The van der Waals surface area contributed by atoms with Crippen molar-refractivity contribution in [1.29, 1.82) is 0 Å². The van der Waals surface area contributed by atoms with E-state index in [0.717, 1.165) is 28.6 Å². The van der Waals surface area contributed by atoms with E-state index >= 15 is 0 Å². The third-order valence-electron chi connectivity index (χ3n) is 4.03. The number of amidine groups is 1. The van der Waals surface area contributed by atoms with E-state index in [2.05, 4.69) is 23.2 Å². The van der Waals surface area contributed by atoms with Crippen molar-refractivity contribution in [2.24, 2.45) is 16.7 Å². The fourth-order valence-corrected chi connectivity index (χ4v) is 2.79. The van der Waals surface area contributed by atoms with Crippen LogP contribution in [0.2, 0.25) is 0 Å². The van der Waals surface area contributed by atoms with Gasteiger partial charge in [-0.3, -0.25) is 0 Å². The molecule has 0 aliphatic heterocycles. The first-order valence-corrected chi connectivity index (χ1v) is 9.32. The predicted molar refractivity (Wildman–Crippen MR) is 123 cm³/mol. The standard InChI is InChI=1S/C21H24N6OS/c1-26(29)16-10-13-20(19(14-16)21(22)25-27(2)23)24-15-8-11-18(12-9-15)28-17-6-4-3-5-7-17/h3-14,24,29H,23H2,1-2H3,(H2,22,25). The second-order valence-electron chi connectivity index (χ2n) is 6.38. The number of rotatable bonds is 7. The Bertz CT molecular complexity index is 974. The lowest BCUT2D eigenvalue weighted by molar-refractivity contribution is 0.372. The van der Waals surface area contributed by atoms with Crippen molar-refractivity contribution in [3.8, 4) is 11.5 Å². The summed E-state index contributed by atoms with van der Waals surface area (Å²) < 4.78 is 7.53. The van der Waals surface area contributed by atoms with Crippen LogP contribution in [0.5, 0.6) is 11.5 Å². The smallest absolute Gasteiger partial charge is 0.154 e. The van der Waals surface area contributed by atoms with Crippen molar-refractivity contribution in [1.82, 2.24) is 5.12 Å². The monoisotopic (exact) mass is 408 g/mol. The highest BCUT2D eigenvalue weighted by molar-refractivity contribution is 7.81. The highest BCUT2D eigenvalue weighted by Gasteiger charge is 2.11. The summed E-state index contributed by atoms with van der Waals surface area (Å²) in [4.78, 5) is 0. The Morgan fingerprint density at radius 1 is 0.966 bits per heavy atom. The first kappa shape index (κ1) is 20.4. The molecule has 0 spiro atoms. The summed E-state index contributed by atoms with van der Waals surface area (Å²) >= 11 is 4.34. The second-order valence-corrected chi connectivity index (χ2v) is 6.98. The number of hydrogen-bond acceptors (Lipinski definition) is 7. The van der Waals surface area contributed by atoms with Gasteiger partial charge in [-0.05, 0) is 54.6 Å². The van der Waals surface area contributed by atoms with Gasteiger partial charge in [-0.15, -0.1) is 5.10 Å². The maximum atomic E-state index is 6.15. The van der Waals surface area contributed by atoms with Crippen LogP contribution in [0.4, 0.5) is 17.1 Å². The molecule has 0 aliphatic rings. The zero-order valence-corrected chi connectivity index (χ0v) is 17.2. The van der Waals surface area contributed by atoms with E-state index in [1.54, 1.807) is 11.4 Å². The minimum Gasteiger partial charge on any atom is -0.457 e. The number of hydrogen-bond donors (Lipinski definition) is 4. The molecule has 0 fully saturated rings. The lowest BCUT2D eigenvalue weighted by atomic mass is 10.1. The molecule has 5 N–H and O–H groups in total. The van der Waals surface area contributed by atoms with Crippen LogP contribution >= 0.6 is 12.8 Å². The molecule has 0 radical (unpaired) electrons. The minimum absolute atomic E-state index is 0.290. The highest BCUT2D eigenvalue weighted by Crippen LogP contribution is 2.28. The number of thiol groups is 1. The summed E-state index contributed by atoms with van der Waals surface area (Å²) in [7, 11) is 3.45. The molecule has 0 atom stereocenters. The fraction of sp³-hybridized carbons (Fsp3) is 0.0952. The van der Waals surface area contributed by atoms with Gasteiger partial charge in [0, 0.05) is 36.7 Å². The summed E-state index contributed by atoms with van der Waals surface area (Å²) in [5.41, 5.74) is 9.42. The third kappa shape index (κ3) is 5.56. The van der Waals surface area contributed by atoms with Gasteiger partial charge in [0.25, 0.3) is 0 Å². The van der Waals surface area contributed by atoms with Gasteiger partial charge in [-0.25, -0.2) is 11.0 Å². The van der Waals surface area contributed by atoms with Crippen LogP contribution < -0.4 is 25.9 Å². The van der Waals surface area contributed by atoms with Crippen LogP contribution in [0.3, 0.4) is 0 Å². The molecule has 0 saturated carbocycles. The summed E-state index contributed by atoms with van der Waals surface area (Å²) in [6.07, 6.45) is 0. The van der Waals surface area contributed by atoms with Crippen molar-refractivity contribution in [3.05, 3.63) is 78.4 Å². The van der Waals surface area contributed by atoms with Gasteiger partial charge in [-0.2, -0.15) is 0 Å². The normalized spacial score (nSPS) is 11.1. The Hall–Kier alpha value is -3.36. The number of hydrazone groups is 1. The zero-order valence-electron chi connectivity index (χ0n) is 16.3. The van der Waals surface area contributed by atoms with Crippen LogP contribution in [0, 0.1) is 0 Å². The lowest BCUT2D eigenvalue weighted by Gasteiger charge is -2.17. The Morgan fingerprint density at radius 2 is 1.62 bits per heavy atom. The van der Waals surface area contributed by atoms with Crippen LogP contribution in [0.25, 0.3) is 0 Å². The number of nitrogens with zero attached hydrogens (tertiary/aromatic N) is 3. The van der Waals surface area contributed by atoms with Gasteiger partial charge in [-0.1, -0.05) is 31.0 Å². The van der Waals surface area contributed by atoms with Crippen LogP contribution in [-0.4, -0.2) is 25.0 Å². The van der Waals surface area contributed by atoms with E-state index in [-0.39, 0.29) is 0 Å². The van der Waals surface area contributed by atoms with Gasteiger partial charge in [0.1, 0.15) is 11.5 Å². The summed E-state index contributed by atoms with van der Waals surface area (Å²) in [5, 5.41) is 8.65. The van der Waals surface area contributed by atoms with E-state index in [9.17, 15) is 0 Å². The van der Waals surface area contributed by atoms with E-state index in [1.165, 1.54) is 5.12 Å². The average Bonchev–Trinajstić information content (AvgIpc) is 2.70. The molecule has 0 amide bonds. The molecule has 0 heterocycles. The first-order valence-electron chi connectivity index (χ1n) is 8.92. The van der Waals surface area contributed by atoms with Crippen molar-refractivity contribution in [2.45, 2.75) is 0 Å².